The van der Waals surface area contributed by atoms with Gasteiger partial charge in [-0.25, -0.2) is 9.97 Å². The molecule has 0 aromatic carbocycles. The van der Waals surface area contributed by atoms with E-state index in [1.807, 2.05) is 19.9 Å². The molecule has 0 aliphatic carbocycles. The van der Waals surface area contributed by atoms with Crippen LogP contribution >= 0.6 is 11.8 Å². The first-order valence-electron chi connectivity index (χ1n) is 7.75. The molecule has 1 fully saturated rings. The lowest BCUT2D eigenvalue weighted by Crippen LogP contribution is -2.37. The van der Waals surface area contributed by atoms with E-state index in [1.54, 1.807) is 0 Å². The number of anilines is 1. The molecule has 1 aliphatic rings. The molecule has 0 spiro atoms. The van der Waals surface area contributed by atoms with Crippen molar-refractivity contribution in [2.75, 3.05) is 30.7 Å². The molecular formula is C15H21N5O3S. The van der Waals surface area contributed by atoms with E-state index in [2.05, 4.69) is 20.6 Å². The zero-order valence-corrected chi connectivity index (χ0v) is 14.6. The molecule has 3 amide bonds. The van der Waals surface area contributed by atoms with E-state index in [0.717, 1.165) is 23.1 Å². The fourth-order valence-electron chi connectivity index (χ4n) is 2.25. The van der Waals surface area contributed by atoms with Gasteiger partial charge in [0.05, 0.1) is 5.75 Å². The monoisotopic (exact) mass is 351 g/mol. The van der Waals surface area contributed by atoms with Crippen molar-refractivity contribution in [1.82, 2.24) is 20.2 Å². The van der Waals surface area contributed by atoms with E-state index in [0.29, 0.717) is 25.3 Å². The molecule has 130 valence electrons. The first kappa shape index (κ1) is 18.2. The second-order valence-corrected chi connectivity index (χ2v) is 6.38. The average molecular weight is 351 g/mol. The normalized spacial score (nSPS) is 14.2. The zero-order valence-electron chi connectivity index (χ0n) is 13.8. The Labute approximate surface area is 144 Å². The predicted molar refractivity (Wildman–Crippen MR) is 91.8 cm³/mol. The number of nitrogens with zero attached hydrogens (tertiary/aromatic N) is 3. The van der Waals surface area contributed by atoms with Crippen LogP contribution in [0.25, 0.3) is 0 Å². The highest BCUT2D eigenvalue weighted by Gasteiger charge is 2.29. The Bertz CT molecular complexity index is 601. The van der Waals surface area contributed by atoms with Gasteiger partial charge in [-0.15, -0.1) is 0 Å². The third kappa shape index (κ3) is 5.48. The Morgan fingerprint density at radius 1 is 1.25 bits per heavy atom. The van der Waals surface area contributed by atoms with Gasteiger partial charge in [0.15, 0.2) is 0 Å². The maximum atomic E-state index is 11.7. The van der Waals surface area contributed by atoms with Gasteiger partial charge < -0.3 is 10.6 Å². The number of amides is 3. The van der Waals surface area contributed by atoms with Crippen molar-refractivity contribution >= 4 is 34.8 Å². The number of rotatable bonds is 8. The van der Waals surface area contributed by atoms with E-state index in [4.69, 9.17) is 0 Å². The Kier molecular flexibility index (Phi) is 6.53. The SMILES string of the molecule is Cc1cc(C)nc(NCCCC(=O)NCCN2C(=O)CSC2=O)n1. The molecule has 2 N–H and O–H groups in total. The summed E-state index contributed by atoms with van der Waals surface area (Å²) in [6.45, 7) is 4.91. The van der Waals surface area contributed by atoms with Crippen LogP contribution in [0.3, 0.4) is 0 Å². The number of carbonyl (C=O) groups is 3. The first-order valence-corrected chi connectivity index (χ1v) is 8.74. The maximum Gasteiger partial charge on any atom is 0.288 e. The van der Waals surface area contributed by atoms with Crippen molar-refractivity contribution in [3.63, 3.8) is 0 Å². The van der Waals surface area contributed by atoms with Crippen molar-refractivity contribution in [3.8, 4) is 0 Å². The topological polar surface area (TPSA) is 104 Å². The lowest BCUT2D eigenvalue weighted by Gasteiger charge is -2.13. The van der Waals surface area contributed by atoms with Gasteiger partial charge in [0.2, 0.25) is 17.8 Å². The number of aromatic nitrogens is 2. The minimum Gasteiger partial charge on any atom is -0.354 e. The summed E-state index contributed by atoms with van der Waals surface area (Å²) >= 11 is 0.994. The third-order valence-corrected chi connectivity index (χ3v) is 4.20. The van der Waals surface area contributed by atoms with Gasteiger partial charge in [0.25, 0.3) is 5.24 Å². The number of nitrogens with one attached hydrogen (secondary N) is 2. The lowest BCUT2D eigenvalue weighted by atomic mass is 10.3. The van der Waals surface area contributed by atoms with Crippen LogP contribution in [0.4, 0.5) is 10.7 Å². The molecule has 0 saturated carbocycles. The second kappa shape index (κ2) is 8.62. The fourth-order valence-corrected chi connectivity index (χ4v) is 3.00. The molecule has 8 nitrogen and oxygen atoms in total. The highest BCUT2D eigenvalue weighted by molar-refractivity contribution is 8.14. The summed E-state index contributed by atoms with van der Waals surface area (Å²) < 4.78 is 0. The van der Waals surface area contributed by atoms with Gasteiger partial charge in [0, 0.05) is 37.4 Å². The molecule has 0 unspecified atom stereocenters. The van der Waals surface area contributed by atoms with Crippen molar-refractivity contribution < 1.29 is 14.4 Å². The predicted octanol–water partition coefficient (Wildman–Crippen LogP) is 1.10. The van der Waals surface area contributed by atoms with Crippen LogP contribution in [0, 0.1) is 13.8 Å². The van der Waals surface area contributed by atoms with E-state index in [1.165, 1.54) is 4.90 Å². The number of hydrogen-bond acceptors (Lipinski definition) is 7. The van der Waals surface area contributed by atoms with Crippen LogP contribution in [0.15, 0.2) is 6.07 Å². The lowest BCUT2D eigenvalue weighted by molar-refractivity contribution is -0.125. The standard InChI is InChI=1S/C15H21N5O3S/c1-10-8-11(2)19-14(18-10)17-5-3-4-12(21)16-6-7-20-13(22)9-24-15(20)23/h8H,3-7,9H2,1-2H3,(H,16,21)(H,17,18,19). The van der Waals surface area contributed by atoms with Crippen LogP contribution in [0.5, 0.6) is 0 Å². The van der Waals surface area contributed by atoms with Crippen molar-refractivity contribution in [2.45, 2.75) is 26.7 Å². The van der Waals surface area contributed by atoms with E-state index in [9.17, 15) is 14.4 Å². The van der Waals surface area contributed by atoms with Gasteiger partial charge in [-0.05, 0) is 26.3 Å². The molecule has 0 atom stereocenters. The molecule has 1 aromatic heterocycles. The van der Waals surface area contributed by atoms with Crippen LogP contribution in [-0.4, -0.2) is 57.3 Å². The van der Waals surface area contributed by atoms with E-state index in [-0.39, 0.29) is 35.9 Å². The summed E-state index contributed by atoms with van der Waals surface area (Å²) in [6.07, 6.45) is 0.994. The number of aryl methyl sites for hydroxylation is 2. The molecule has 1 aromatic rings. The number of thioether (sulfide) groups is 1. The summed E-state index contributed by atoms with van der Waals surface area (Å²) in [4.78, 5) is 44.2. The summed E-state index contributed by atoms with van der Waals surface area (Å²) in [5.74, 6) is 0.456. The molecule has 0 radical (unpaired) electrons. The minimum atomic E-state index is -0.244. The van der Waals surface area contributed by atoms with Crippen LogP contribution in [0.2, 0.25) is 0 Å². The summed E-state index contributed by atoms with van der Waals surface area (Å²) in [6, 6.07) is 1.90. The molecule has 2 heterocycles. The number of carbonyl (C=O) groups excluding carboxylic acids is 3. The Morgan fingerprint density at radius 3 is 2.58 bits per heavy atom. The maximum absolute atomic E-state index is 11.7. The van der Waals surface area contributed by atoms with Crippen LogP contribution in [-0.2, 0) is 9.59 Å². The third-order valence-electron chi connectivity index (χ3n) is 3.34. The second-order valence-electron chi connectivity index (χ2n) is 5.45. The molecule has 24 heavy (non-hydrogen) atoms. The van der Waals surface area contributed by atoms with Crippen molar-refractivity contribution in [2.24, 2.45) is 0 Å². The summed E-state index contributed by atoms with van der Waals surface area (Å²) in [5.41, 5.74) is 1.79. The number of imide groups is 1. The molecule has 1 saturated heterocycles. The molecule has 9 heteroatoms. The van der Waals surface area contributed by atoms with Crippen molar-refractivity contribution in [3.05, 3.63) is 17.5 Å². The minimum absolute atomic E-state index is 0.107. The summed E-state index contributed by atoms with van der Waals surface area (Å²) in [5, 5.41) is 5.56. The van der Waals surface area contributed by atoms with Gasteiger partial charge >= 0.3 is 0 Å². The summed E-state index contributed by atoms with van der Waals surface area (Å²) in [7, 11) is 0. The van der Waals surface area contributed by atoms with Crippen molar-refractivity contribution in [1.29, 1.82) is 0 Å². The highest BCUT2D eigenvalue weighted by atomic mass is 32.2. The number of hydrogen-bond donors (Lipinski definition) is 2. The Balaban J connectivity index is 1.59. The highest BCUT2D eigenvalue weighted by Crippen LogP contribution is 2.17. The van der Waals surface area contributed by atoms with Gasteiger partial charge in [-0.1, -0.05) is 11.8 Å². The molecule has 1 aliphatic heterocycles. The Hall–Kier alpha value is -2.16. The largest absolute Gasteiger partial charge is 0.354 e. The zero-order chi connectivity index (χ0) is 17.5. The molecular weight excluding hydrogens is 330 g/mol. The quantitative estimate of drug-likeness (QED) is 0.676. The van der Waals surface area contributed by atoms with E-state index >= 15 is 0 Å². The molecule has 2 rings (SSSR count). The smallest absolute Gasteiger partial charge is 0.288 e. The average Bonchev–Trinajstić information content (AvgIpc) is 2.82. The first-order chi connectivity index (χ1) is 11.5. The Morgan fingerprint density at radius 2 is 1.96 bits per heavy atom. The van der Waals surface area contributed by atoms with Gasteiger partial charge in [-0.2, -0.15) is 0 Å². The van der Waals surface area contributed by atoms with E-state index < -0.39 is 0 Å². The van der Waals surface area contributed by atoms with Gasteiger partial charge in [-0.3, -0.25) is 19.3 Å². The van der Waals surface area contributed by atoms with Crippen LogP contribution < -0.4 is 10.6 Å². The van der Waals surface area contributed by atoms with Crippen LogP contribution in [0.1, 0.15) is 24.2 Å². The van der Waals surface area contributed by atoms with Gasteiger partial charge in [0.1, 0.15) is 0 Å². The fraction of sp³-hybridized carbons (Fsp3) is 0.533. The molecule has 0 bridgehead atoms.